The van der Waals surface area contributed by atoms with E-state index in [1.54, 1.807) is 11.3 Å². The van der Waals surface area contributed by atoms with E-state index in [0.717, 1.165) is 18.5 Å². The van der Waals surface area contributed by atoms with E-state index in [2.05, 4.69) is 16.9 Å². The highest BCUT2D eigenvalue weighted by Crippen LogP contribution is 2.28. The summed E-state index contributed by atoms with van der Waals surface area (Å²) < 4.78 is 0. The first-order valence-electron chi connectivity index (χ1n) is 5.36. The van der Waals surface area contributed by atoms with Crippen molar-refractivity contribution in [3.8, 4) is 0 Å². The molecule has 4 heteroatoms. The number of hydrogen-bond donors (Lipinski definition) is 0. The number of carbonyl (C=O) groups excluding carboxylic acids is 1. The highest BCUT2D eigenvalue weighted by Gasteiger charge is 2.21. The Bertz CT molecular complexity index is 337. The molecule has 1 aromatic heterocycles. The summed E-state index contributed by atoms with van der Waals surface area (Å²) in [6.07, 6.45) is 3.87. The summed E-state index contributed by atoms with van der Waals surface area (Å²) in [4.78, 5) is 17.2. The minimum absolute atomic E-state index is 0.457. The van der Waals surface area contributed by atoms with Crippen LogP contribution in [0, 0.1) is 0 Å². The molecule has 1 fully saturated rings. The number of carbonyl (C=O) groups is 1. The zero-order valence-corrected chi connectivity index (χ0v) is 9.80. The molecule has 0 aromatic carbocycles. The number of piperidine rings is 1. The Morgan fingerprint density at radius 3 is 3.33 bits per heavy atom. The van der Waals surface area contributed by atoms with E-state index < -0.39 is 0 Å². The van der Waals surface area contributed by atoms with Gasteiger partial charge < -0.3 is 9.69 Å². The molecule has 1 aliphatic rings. The maximum Gasteiger partial charge on any atom is 0.125 e. The second-order valence-electron chi connectivity index (χ2n) is 4.15. The van der Waals surface area contributed by atoms with Crippen LogP contribution in [0.5, 0.6) is 0 Å². The SMILES string of the molecule is CN1CCCC(c2nc(CC=O)cs2)C1. The second kappa shape index (κ2) is 4.86. The summed E-state index contributed by atoms with van der Waals surface area (Å²) in [6, 6.07) is 0. The molecule has 2 heterocycles. The molecule has 0 amide bonds. The smallest absolute Gasteiger partial charge is 0.125 e. The topological polar surface area (TPSA) is 33.2 Å². The van der Waals surface area contributed by atoms with Crippen molar-refractivity contribution in [1.82, 2.24) is 9.88 Å². The molecular weight excluding hydrogens is 208 g/mol. The number of aromatic nitrogens is 1. The molecule has 15 heavy (non-hydrogen) atoms. The Balaban J connectivity index is 2.04. The molecule has 3 nitrogen and oxygen atoms in total. The first-order valence-corrected chi connectivity index (χ1v) is 6.24. The van der Waals surface area contributed by atoms with Crippen molar-refractivity contribution in [2.24, 2.45) is 0 Å². The van der Waals surface area contributed by atoms with E-state index in [9.17, 15) is 4.79 Å². The van der Waals surface area contributed by atoms with Gasteiger partial charge in [0.2, 0.25) is 0 Å². The van der Waals surface area contributed by atoms with Crippen molar-refractivity contribution in [3.63, 3.8) is 0 Å². The number of likely N-dealkylation sites (N-methyl/N-ethyl adjacent to an activating group) is 1. The minimum Gasteiger partial charge on any atom is -0.306 e. The van der Waals surface area contributed by atoms with Gasteiger partial charge in [-0.05, 0) is 26.4 Å². The molecule has 0 radical (unpaired) electrons. The van der Waals surface area contributed by atoms with Crippen LogP contribution in [0.1, 0.15) is 29.5 Å². The Morgan fingerprint density at radius 1 is 1.73 bits per heavy atom. The molecule has 82 valence electrons. The summed E-state index contributed by atoms with van der Waals surface area (Å²) in [5.41, 5.74) is 0.929. The van der Waals surface area contributed by atoms with Crippen LogP contribution in [0.2, 0.25) is 0 Å². The Kier molecular flexibility index (Phi) is 3.49. The van der Waals surface area contributed by atoms with Crippen LogP contribution < -0.4 is 0 Å². The van der Waals surface area contributed by atoms with Crippen LogP contribution in [-0.2, 0) is 11.2 Å². The molecule has 0 saturated carbocycles. The summed E-state index contributed by atoms with van der Waals surface area (Å²) in [7, 11) is 2.16. The third kappa shape index (κ3) is 2.63. The molecule has 2 rings (SSSR count). The largest absolute Gasteiger partial charge is 0.306 e. The lowest BCUT2D eigenvalue weighted by Crippen LogP contribution is -2.30. The van der Waals surface area contributed by atoms with Crippen molar-refractivity contribution in [2.75, 3.05) is 20.1 Å². The summed E-state index contributed by atoms with van der Waals surface area (Å²) in [5.74, 6) is 0.578. The first-order chi connectivity index (χ1) is 7.29. The first kappa shape index (κ1) is 10.8. The Labute approximate surface area is 94.1 Å². The van der Waals surface area contributed by atoms with E-state index in [4.69, 9.17) is 0 Å². The van der Waals surface area contributed by atoms with Crippen LogP contribution in [0.4, 0.5) is 0 Å². The fourth-order valence-electron chi connectivity index (χ4n) is 2.06. The second-order valence-corrected chi connectivity index (χ2v) is 5.04. The number of likely N-dealkylation sites (tertiary alicyclic amines) is 1. The molecule has 1 atom stereocenters. The van der Waals surface area contributed by atoms with Crippen molar-refractivity contribution >= 4 is 17.6 Å². The van der Waals surface area contributed by atoms with Crippen LogP contribution in [-0.4, -0.2) is 36.3 Å². The van der Waals surface area contributed by atoms with Crippen LogP contribution in [0.3, 0.4) is 0 Å². The molecule has 0 bridgehead atoms. The predicted octanol–water partition coefficient (Wildman–Crippen LogP) is 1.69. The maximum atomic E-state index is 10.4. The van der Waals surface area contributed by atoms with Crippen molar-refractivity contribution in [2.45, 2.75) is 25.2 Å². The van der Waals surface area contributed by atoms with Gasteiger partial charge in [-0.1, -0.05) is 0 Å². The normalized spacial score (nSPS) is 22.9. The summed E-state index contributed by atoms with van der Waals surface area (Å²) in [6.45, 7) is 2.30. The third-order valence-corrected chi connectivity index (χ3v) is 3.89. The highest BCUT2D eigenvalue weighted by molar-refractivity contribution is 7.09. The summed E-state index contributed by atoms with van der Waals surface area (Å²) >= 11 is 1.70. The molecule has 0 N–H and O–H groups in total. The van der Waals surface area contributed by atoms with E-state index in [-0.39, 0.29) is 0 Å². The number of hydrogen-bond acceptors (Lipinski definition) is 4. The van der Waals surface area contributed by atoms with Crippen LogP contribution >= 0.6 is 11.3 Å². The van der Waals surface area contributed by atoms with Gasteiger partial charge in [0.15, 0.2) is 0 Å². The zero-order valence-electron chi connectivity index (χ0n) is 8.98. The molecule has 0 spiro atoms. The lowest BCUT2D eigenvalue weighted by molar-refractivity contribution is -0.107. The van der Waals surface area contributed by atoms with E-state index >= 15 is 0 Å². The van der Waals surface area contributed by atoms with Crippen LogP contribution in [0.25, 0.3) is 0 Å². The Hall–Kier alpha value is -0.740. The fourth-order valence-corrected chi connectivity index (χ4v) is 3.02. The van der Waals surface area contributed by atoms with Crippen molar-refractivity contribution < 1.29 is 4.79 Å². The van der Waals surface area contributed by atoms with Crippen molar-refractivity contribution in [3.05, 3.63) is 16.1 Å². The van der Waals surface area contributed by atoms with Gasteiger partial charge in [0.05, 0.1) is 10.7 Å². The lowest BCUT2D eigenvalue weighted by atomic mass is 9.99. The molecule has 1 unspecified atom stereocenters. The molecule has 0 aliphatic carbocycles. The quantitative estimate of drug-likeness (QED) is 0.733. The number of aldehydes is 1. The number of rotatable bonds is 3. The average molecular weight is 224 g/mol. The van der Waals surface area contributed by atoms with Gasteiger partial charge in [0.1, 0.15) is 6.29 Å². The molecule has 1 aromatic rings. The van der Waals surface area contributed by atoms with Crippen molar-refractivity contribution in [1.29, 1.82) is 0 Å². The van der Waals surface area contributed by atoms with E-state index in [1.165, 1.54) is 24.4 Å². The molecule has 1 saturated heterocycles. The van der Waals surface area contributed by atoms with Gasteiger partial charge in [-0.2, -0.15) is 0 Å². The monoisotopic (exact) mass is 224 g/mol. The van der Waals surface area contributed by atoms with Gasteiger partial charge in [0, 0.05) is 24.3 Å². The van der Waals surface area contributed by atoms with Gasteiger partial charge in [0.25, 0.3) is 0 Å². The zero-order chi connectivity index (χ0) is 10.7. The molecule has 1 aliphatic heterocycles. The van der Waals surface area contributed by atoms with Gasteiger partial charge >= 0.3 is 0 Å². The van der Waals surface area contributed by atoms with E-state index in [0.29, 0.717) is 12.3 Å². The van der Waals surface area contributed by atoms with Gasteiger partial charge in [-0.15, -0.1) is 11.3 Å². The predicted molar refractivity (Wildman–Crippen MR) is 61.4 cm³/mol. The highest BCUT2D eigenvalue weighted by atomic mass is 32.1. The third-order valence-electron chi connectivity index (χ3n) is 2.84. The minimum atomic E-state index is 0.457. The van der Waals surface area contributed by atoms with Gasteiger partial charge in [-0.3, -0.25) is 0 Å². The number of nitrogens with zero attached hydrogens (tertiary/aromatic N) is 2. The fraction of sp³-hybridized carbons (Fsp3) is 0.636. The average Bonchev–Trinajstić information content (AvgIpc) is 2.67. The summed E-state index contributed by atoms with van der Waals surface area (Å²) in [5, 5.41) is 3.22. The van der Waals surface area contributed by atoms with Crippen LogP contribution in [0.15, 0.2) is 5.38 Å². The standard InChI is InChI=1S/C11H16N2OS/c1-13-5-2-3-9(7-13)11-12-10(4-6-14)8-15-11/h6,8-9H,2-5,7H2,1H3. The molecular formula is C11H16N2OS. The van der Waals surface area contributed by atoms with Gasteiger partial charge in [-0.25, -0.2) is 4.98 Å². The lowest BCUT2D eigenvalue weighted by Gasteiger charge is -2.28. The number of thiazole rings is 1. The maximum absolute atomic E-state index is 10.4. The Morgan fingerprint density at radius 2 is 2.60 bits per heavy atom. The van der Waals surface area contributed by atoms with E-state index in [1.807, 2.05) is 5.38 Å².